The van der Waals surface area contributed by atoms with Gasteiger partial charge in [-0.1, -0.05) is 47.4 Å². The van der Waals surface area contributed by atoms with E-state index in [0.717, 1.165) is 0 Å². The van der Waals surface area contributed by atoms with Gasteiger partial charge in [-0.3, -0.25) is 0 Å². The van der Waals surface area contributed by atoms with Crippen molar-refractivity contribution in [3.63, 3.8) is 0 Å². The fourth-order valence-electron chi connectivity index (χ4n) is 4.47. The molecule has 0 unspecified atom stereocenters. The molecule has 0 saturated heterocycles. The Bertz CT molecular complexity index is 2400. The Morgan fingerprint density at radius 2 is 0.471 bits per heavy atom. The fraction of sp³-hybridized carbons (Fsp3) is 0. The lowest BCUT2D eigenvalue weighted by Gasteiger charge is -2.08. The Morgan fingerprint density at radius 3 is 0.725 bits per heavy atom. The molecular weight excluding hydrogens is 649 g/mol. The van der Waals surface area contributed by atoms with Gasteiger partial charge in [0.2, 0.25) is 0 Å². The van der Waals surface area contributed by atoms with Crippen molar-refractivity contribution in [1.29, 1.82) is 0 Å². The molecule has 0 spiro atoms. The highest BCUT2D eigenvalue weighted by atomic mass is 19.1. The van der Waals surface area contributed by atoms with E-state index in [0.29, 0.717) is 27.8 Å². The first-order valence-corrected chi connectivity index (χ1v) is 15.2. The van der Waals surface area contributed by atoms with E-state index in [1.165, 1.54) is 121 Å². The normalized spacial score (nSPS) is 9.67. The Morgan fingerprint density at radius 1 is 0.255 bits per heavy atom. The second-order valence-corrected chi connectivity index (χ2v) is 10.7. The molecule has 6 rings (SSSR count). The van der Waals surface area contributed by atoms with E-state index in [-0.39, 0.29) is 28.1 Å². The molecular formula is C45H20F5N. The van der Waals surface area contributed by atoms with E-state index in [9.17, 15) is 22.0 Å². The van der Waals surface area contributed by atoms with Crippen LogP contribution in [-0.4, -0.2) is 4.98 Å². The predicted octanol–water partition coefficient (Wildman–Crippen LogP) is 8.78. The van der Waals surface area contributed by atoms with Crippen molar-refractivity contribution < 1.29 is 22.0 Å². The van der Waals surface area contributed by atoms with Crippen LogP contribution >= 0.6 is 0 Å². The van der Waals surface area contributed by atoms with E-state index < -0.39 is 29.1 Å². The third-order valence-electron chi connectivity index (χ3n) is 7.06. The summed E-state index contributed by atoms with van der Waals surface area (Å²) >= 11 is 0. The highest BCUT2D eigenvalue weighted by molar-refractivity contribution is 5.69. The molecule has 6 heteroatoms. The van der Waals surface area contributed by atoms with Gasteiger partial charge in [-0.05, 0) is 133 Å². The molecule has 0 saturated carbocycles. The zero-order chi connectivity index (χ0) is 35.6. The first kappa shape index (κ1) is 33.6. The summed E-state index contributed by atoms with van der Waals surface area (Å²) in [7, 11) is 0. The SMILES string of the molecule is Fc1ccc(C#Cc2nc(C#Cc3ccc(F)cc3)c(C#Cc3ccc(F)cc3)c(C#Cc3ccc(F)cc3)c2C#Cc2ccc(F)cc2)cc1. The molecule has 1 heterocycles. The average Bonchev–Trinajstić information content (AvgIpc) is 3.14. The van der Waals surface area contributed by atoms with Gasteiger partial charge in [-0.15, -0.1) is 0 Å². The maximum atomic E-state index is 13.7. The first-order chi connectivity index (χ1) is 24.8. The second-order valence-electron chi connectivity index (χ2n) is 10.7. The molecule has 240 valence electrons. The molecule has 0 aliphatic rings. The average molecular weight is 670 g/mol. The molecule has 0 N–H and O–H groups in total. The van der Waals surface area contributed by atoms with Crippen LogP contribution in [-0.2, 0) is 0 Å². The number of pyridine rings is 1. The summed E-state index contributed by atoms with van der Waals surface area (Å²) in [4.78, 5) is 4.78. The van der Waals surface area contributed by atoms with Crippen molar-refractivity contribution in [3.05, 3.63) is 206 Å². The van der Waals surface area contributed by atoms with Crippen LogP contribution in [0.1, 0.15) is 55.9 Å². The molecule has 6 aromatic rings. The number of hydrogen-bond acceptors (Lipinski definition) is 1. The summed E-state index contributed by atoms with van der Waals surface area (Å²) in [5.74, 6) is 28.3. The molecule has 0 fully saturated rings. The molecule has 51 heavy (non-hydrogen) atoms. The van der Waals surface area contributed by atoms with Crippen LogP contribution < -0.4 is 0 Å². The molecule has 0 aliphatic carbocycles. The van der Waals surface area contributed by atoms with Gasteiger partial charge in [-0.25, -0.2) is 26.9 Å². The predicted molar refractivity (Wildman–Crippen MR) is 186 cm³/mol. The molecule has 0 atom stereocenters. The maximum Gasteiger partial charge on any atom is 0.132 e. The number of halogens is 5. The van der Waals surface area contributed by atoms with Crippen molar-refractivity contribution in [2.45, 2.75) is 0 Å². The smallest absolute Gasteiger partial charge is 0.132 e. The minimum absolute atomic E-state index is 0.160. The molecule has 1 nitrogen and oxygen atoms in total. The largest absolute Gasteiger partial charge is 0.228 e. The van der Waals surface area contributed by atoms with E-state index in [4.69, 9.17) is 4.98 Å². The lowest BCUT2D eigenvalue weighted by atomic mass is 9.97. The Balaban J connectivity index is 1.67. The van der Waals surface area contributed by atoms with Crippen LogP contribution in [0.2, 0.25) is 0 Å². The number of aromatic nitrogens is 1. The van der Waals surface area contributed by atoms with Crippen LogP contribution in [0.3, 0.4) is 0 Å². The molecule has 0 radical (unpaired) electrons. The maximum absolute atomic E-state index is 13.7. The quantitative estimate of drug-likeness (QED) is 0.116. The van der Waals surface area contributed by atoms with Gasteiger partial charge in [-0.2, -0.15) is 0 Å². The summed E-state index contributed by atoms with van der Waals surface area (Å²) in [5.41, 5.74) is 3.59. The van der Waals surface area contributed by atoms with Crippen LogP contribution in [0.25, 0.3) is 0 Å². The summed E-state index contributed by atoms with van der Waals surface area (Å²) in [5, 5.41) is 0. The van der Waals surface area contributed by atoms with Crippen molar-refractivity contribution in [2.75, 3.05) is 0 Å². The number of benzene rings is 5. The highest BCUT2D eigenvalue weighted by Gasteiger charge is 2.16. The number of hydrogen-bond donors (Lipinski definition) is 0. The Kier molecular flexibility index (Phi) is 10.4. The van der Waals surface area contributed by atoms with Crippen molar-refractivity contribution in [2.24, 2.45) is 0 Å². The van der Waals surface area contributed by atoms with Gasteiger partial charge in [0.05, 0.1) is 16.7 Å². The third kappa shape index (κ3) is 9.20. The lowest BCUT2D eigenvalue weighted by Crippen LogP contribution is -2.04. The summed E-state index contributed by atoms with van der Waals surface area (Å²) < 4.78 is 68.4. The van der Waals surface area contributed by atoms with Crippen molar-refractivity contribution in [3.8, 4) is 59.2 Å². The van der Waals surface area contributed by atoms with Crippen LogP contribution in [0.15, 0.2) is 121 Å². The molecule has 0 amide bonds. The summed E-state index contributed by atoms with van der Waals surface area (Å²) in [6.45, 7) is 0. The standard InChI is InChI=1S/C45H20F5N/c46-36-16-1-31(2-17-36)11-26-41-42(27-12-32-3-18-37(47)19-4-32)44(29-14-34-7-22-39(49)23-8-34)51-45(30-15-35-9-24-40(50)25-10-35)43(41)28-13-33-5-20-38(48)21-6-33/h1-10,16-25H. The molecule has 0 aliphatic heterocycles. The first-order valence-electron chi connectivity index (χ1n) is 15.2. The van der Waals surface area contributed by atoms with E-state index in [2.05, 4.69) is 59.2 Å². The molecule has 0 bridgehead atoms. The lowest BCUT2D eigenvalue weighted by molar-refractivity contribution is 0.627. The van der Waals surface area contributed by atoms with Gasteiger partial charge in [0.1, 0.15) is 40.5 Å². The van der Waals surface area contributed by atoms with Crippen molar-refractivity contribution >= 4 is 0 Å². The highest BCUT2D eigenvalue weighted by Crippen LogP contribution is 2.21. The zero-order valence-electron chi connectivity index (χ0n) is 26.4. The van der Waals surface area contributed by atoms with Gasteiger partial charge in [0.15, 0.2) is 0 Å². The number of nitrogens with zero attached hydrogens (tertiary/aromatic N) is 1. The fourth-order valence-corrected chi connectivity index (χ4v) is 4.47. The summed E-state index contributed by atoms with van der Waals surface area (Å²) in [6, 6.07) is 27.9. The molecule has 5 aromatic carbocycles. The molecule has 1 aromatic heterocycles. The summed E-state index contributed by atoms with van der Waals surface area (Å²) in [6.07, 6.45) is 0. The van der Waals surface area contributed by atoms with Crippen molar-refractivity contribution in [1.82, 2.24) is 4.98 Å². The van der Waals surface area contributed by atoms with E-state index in [1.54, 1.807) is 0 Å². The van der Waals surface area contributed by atoms with Gasteiger partial charge in [0, 0.05) is 27.8 Å². The van der Waals surface area contributed by atoms with Gasteiger partial charge >= 0.3 is 0 Å². The van der Waals surface area contributed by atoms with Gasteiger partial charge in [0.25, 0.3) is 0 Å². The second kappa shape index (κ2) is 15.7. The van der Waals surface area contributed by atoms with Crippen LogP contribution in [0.4, 0.5) is 22.0 Å². The van der Waals surface area contributed by atoms with E-state index in [1.807, 2.05) is 0 Å². The topological polar surface area (TPSA) is 12.9 Å². The monoisotopic (exact) mass is 669 g/mol. The van der Waals surface area contributed by atoms with Gasteiger partial charge < -0.3 is 0 Å². The minimum atomic E-state index is -0.433. The number of rotatable bonds is 0. The Labute approximate surface area is 291 Å². The van der Waals surface area contributed by atoms with Crippen LogP contribution in [0.5, 0.6) is 0 Å². The zero-order valence-corrected chi connectivity index (χ0v) is 26.4. The Hall–Kier alpha value is -7.30. The van der Waals surface area contributed by atoms with E-state index >= 15 is 0 Å². The van der Waals surface area contributed by atoms with Crippen LogP contribution in [0, 0.1) is 88.3 Å². The third-order valence-corrected chi connectivity index (χ3v) is 7.06. The minimum Gasteiger partial charge on any atom is -0.228 e.